The second-order valence-corrected chi connectivity index (χ2v) is 4.48. The third kappa shape index (κ3) is 2.48. The lowest BCUT2D eigenvalue weighted by Gasteiger charge is -2.01. The van der Waals surface area contributed by atoms with Gasteiger partial charge in [0.05, 0.1) is 0 Å². The minimum absolute atomic E-state index is 0.355. The number of aliphatic imine (C=N–C) groups is 1. The SMILES string of the molecule is Cc1ccc2cc(C=NC(C)C)ccc2c1. The van der Waals surface area contributed by atoms with E-state index in [2.05, 4.69) is 62.2 Å². The lowest BCUT2D eigenvalue weighted by molar-refractivity contribution is 0.841. The maximum absolute atomic E-state index is 4.39. The van der Waals surface area contributed by atoms with Gasteiger partial charge in [0.1, 0.15) is 0 Å². The first-order chi connectivity index (χ1) is 7.65. The smallest absolute Gasteiger partial charge is 0.0443 e. The summed E-state index contributed by atoms with van der Waals surface area (Å²) >= 11 is 0. The van der Waals surface area contributed by atoms with E-state index < -0.39 is 0 Å². The van der Waals surface area contributed by atoms with Crippen LogP contribution in [-0.4, -0.2) is 12.3 Å². The van der Waals surface area contributed by atoms with Crippen molar-refractivity contribution >= 4 is 17.0 Å². The molecule has 0 saturated carbocycles. The molecule has 0 aromatic heterocycles. The van der Waals surface area contributed by atoms with Crippen molar-refractivity contribution in [2.45, 2.75) is 26.8 Å². The molecule has 0 unspecified atom stereocenters. The number of fused-ring (bicyclic) bond motifs is 1. The van der Waals surface area contributed by atoms with E-state index in [4.69, 9.17) is 0 Å². The van der Waals surface area contributed by atoms with Crippen molar-refractivity contribution < 1.29 is 0 Å². The summed E-state index contributed by atoms with van der Waals surface area (Å²) in [4.78, 5) is 4.39. The number of aryl methyl sites for hydroxylation is 1. The van der Waals surface area contributed by atoms with Crippen LogP contribution >= 0.6 is 0 Å². The van der Waals surface area contributed by atoms with E-state index in [1.165, 1.54) is 21.9 Å². The van der Waals surface area contributed by atoms with Gasteiger partial charge in [-0.25, -0.2) is 0 Å². The maximum Gasteiger partial charge on any atom is 0.0443 e. The molecule has 0 aliphatic rings. The van der Waals surface area contributed by atoms with E-state index in [0.717, 1.165) is 0 Å². The second-order valence-electron chi connectivity index (χ2n) is 4.48. The first kappa shape index (κ1) is 10.9. The fraction of sp³-hybridized carbons (Fsp3) is 0.267. The molecule has 0 saturated heterocycles. The zero-order valence-electron chi connectivity index (χ0n) is 10.1. The Morgan fingerprint density at radius 3 is 2.44 bits per heavy atom. The zero-order valence-corrected chi connectivity index (χ0v) is 10.1. The average Bonchev–Trinajstić information content (AvgIpc) is 2.26. The van der Waals surface area contributed by atoms with Gasteiger partial charge in [-0.15, -0.1) is 0 Å². The molecule has 0 N–H and O–H groups in total. The third-order valence-corrected chi connectivity index (χ3v) is 2.54. The van der Waals surface area contributed by atoms with E-state index in [1.807, 2.05) is 6.21 Å². The van der Waals surface area contributed by atoms with E-state index >= 15 is 0 Å². The topological polar surface area (TPSA) is 12.4 Å². The minimum Gasteiger partial charge on any atom is -0.290 e. The standard InChI is InChI=1S/C15H17N/c1-11(2)16-10-13-5-7-14-8-12(3)4-6-15(14)9-13/h4-11H,1-3H3. The van der Waals surface area contributed by atoms with Crippen LogP contribution in [0.15, 0.2) is 41.4 Å². The largest absolute Gasteiger partial charge is 0.290 e. The third-order valence-electron chi connectivity index (χ3n) is 2.54. The predicted molar refractivity (Wildman–Crippen MR) is 71.4 cm³/mol. The molecule has 0 aliphatic carbocycles. The van der Waals surface area contributed by atoms with Gasteiger partial charge in [0, 0.05) is 12.3 Å². The molecular formula is C15H17N. The molecule has 0 radical (unpaired) electrons. The fourth-order valence-corrected chi connectivity index (χ4v) is 1.70. The van der Waals surface area contributed by atoms with E-state index in [0.29, 0.717) is 6.04 Å². The number of rotatable bonds is 2. The number of hydrogen-bond donors (Lipinski definition) is 0. The highest BCUT2D eigenvalue weighted by Crippen LogP contribution is 2.16. The van der Waals surface area contributed by atoms with Crippen molar-refractivity contribution in [1.29, 1.82) is 0 Å². The summed E-state index contributed by atoms with van der Waals surface area (Å²) in [6.45, 7) is 6.29. The Bertz CT molecular complexity index is 524. The van der Waals surface area contributed by atoms with Gasteiger partial charge in [-0.1, -0.05) is 35.9 Å². The first-order valence-corrected chi connectivity index (χ1v) is 5.69. The van der Waals surface area contributed by atoms with Gasteiger partial charge in [-0.2, -0.15) is 0 Å². The van der Waals surface area contributed by atoms with Crippen LogP contribution in [0.2, 0.25) is 0 Å². The predicted octanol–water partition coefficient (Wildman–Crippen LogP) is 3.98. The van der Waals surface area contributed by atoms with Crippen LogP contribution in [0.3, 0.4) is 0 Å². The Labute approximate surface area is 96.8 Å². The Morgan fingerprint density at radius 2 is 1.69 bits per heavy atom. The van der Waals surface area contributed by atoms with Gasteiger partial charge in [-0.05, 0) is 43.2 Å². The van der Waals surface area contributed by atoms with Gasteiger partial charge in [0.2, 0.25) is 0 Å². The lowest BCUT2D eigenvalue weighted by Crippen LogP contribution is -1.90. The zero-order chi connectivity index (χ0) is 11.5. The highest BCUT2D eigenvalue weighted by molar-refractivity contribution is 5.90. The van der Waals surface area contributed by atoms with Gasteiger partial charge in [0.25, 0.3) is 0 Å². The monoisotopic (exact) mass is 211 g/mol. The number of hydrogen-bond acceptors (Lipinski definition) is 1. The molecule has 0 atom stereocenters. The molecule has 0 bridgehead atoms. The van der Waals surface area contributed by atoms with Gasteiger partial charge in [-0.3, -0.25) is 4.99 Å². The molecule has 2 aromatic rings. The van der Waals surface area contributed by atoms with Gasteiger partial charge >= 0.3 is 0 Å². The summed E-state index contributed by atoms with van der Waals surface area (Å²) < 4.78 is 0. The van der Waals surface area contributed by atoms with Crippen molar-refractivity contribution in [2.24, 2.45) is 4.99 Å². The molecule has 2 aromatic carbocycles. The summed E-state index contributed by atoms with van der Waals surface area (Å²) in [6, 6.07) is 13.3. The summed E-state index contributed by atoms with van der Waals surface area (Å²) in [7, 11) is 0. The van der Waals surface area contributed by atoms with Gasteiger partial charge < -0.3 is 0 Å². The molecule has 1 nitrogen and oxygen atoms in total. The summed E-state index contributed by atoms with van der Waals surface area (Å²) in [6.07, 6.45) is 1.95. The molecule has 0 heterocycles. The van der Waals surface area contributed by atoms with Crippen LogP contribution in [0.1, 0.15) is 25.0 Å². The Morgan fingerprint density at radius 1 is 1.00 bits per heavy atom. The summed E-state index contributed by atoms with van der Waals surface area (Å²) in [5.41, 5.74) is 2.47. The molecule has 2 rings (SSSR count). The van der Waals surface area contributed by atoms with E-state index in [-0.39, 0.29) is 0 Å². The van der Waals surface area contributed by atoms with Crippen molar-refractivity contribution in [3.63, 3.8) is 0 Å². The molecule has 16 heavy (non-hydrogen) atoms. The van der Waals surface area contributed by atoms with Crippen molar-refractivity contribution in [1.82, 2.24) is 0 Å². The van der Waals surface area contributed by atoms with Gasteiger partial charge in [0.15, 0.2) is 0 Å². The molecule has 82 valence electrons. The number of nitrogens with zero attached hydrogens (tertiary/aromatic N) is 1. The minimum atomic E-state index is 0.355. The Hall–Kier alpha value is -1.63. The average molecular weight is 211 g/mol. The van der Waals surface area contributed by atoms with Crippen molar-refractivity contribution in [3.8, 4) is 0 Å². The normalized spacial score (nSPS) is 11.8. The quantitative estimate of drug-likeness (QED) is 0.666. The highest BCUT2D eigenvalue weighted by Gasteiger charge is 1.95. The van der Waals surface area contributed by atoms with Crippen LogP contribution in [0.5, 0.6) is 0 Å². The van der Waals surface area contributed by atoms with Crippen molar-refractivity contribution in [2.75, 3.05) is 0 Å². The van der Waals surface area contributed by atoms with Crippen molar-refractivity contribution in [3.05, 3.63) is 47.5 Å². The molecule has 1 heteroatoms. The molecular weight excluding hydrogens is 194 g/mol. The molecule has 0 fully saturated rings. The van der Waals surface area contributed by atoms with Crippen LogP contribution < -0.4 is 0 Å². The molecule has 0 aliphatic heterocycles. The van der Waals surface area contributed by atoms with Crippen LogP contribution in [0.25, 0.3) is 10.8 Å². The molecule has 0 amide bonds. The van der Waals surface area contributed by atoms with E-state index in [1.54, 1.807) is 0 Å². The van der Waals surface area contributed by atoms with Crippen LogP contribution in [0, 0.1) is 6.92 Å². The summed E-state index contributed by atoms with van der Waals surface area (Å²) in [5, 5.41) is 2.57. The maximum atomic E-state index is 4.39. The fourth-order valence-electron chi connectivity index (χ4n) is 1.70. The number of benzene rings is 2. The highest BCUT2D eigenvalue weighted by atomic mass is 14.7. The first-order valence-electron chi connectivity index (χ1n) is 5.69. The van der Waals surface area contributed by atoms with E-state index in [9.17, 15) is 0 Å². The Kier molecular flexibility index (Phi) is 3.04. The van der Waals surface area contributed by atoms with Crippen LogP contribution in [-0.2, 0) is 0 Å². The second kappa shape index (κ2) is 4.48. The summed E-state index contributed by atoms with van der Waals surface area (Å²) in [5.74, 6) is 0. The lowest BCUT2D eigenvalue weighted by atomic mass is 10.1. The Balaban J connectivity index is 2.41. The molecule has 0 spiro atoms. The van der Waals surface area contributed by atoms with Crippen LogP contribution in [0.4, 0.5) is 0 Å².